The fraction of sp³-hybridized carbons (Fsp3) is 0.571. The average molecular weight is 256 g/mol. The van der Waals surface area contributed by atoms with Crippen molar-refractivity contribution >= 4 is 17.3 Å². The van der Waals surface area contributed by atoms with Crippen molar-refractivity contribution in [1.29, 1.82) is 0 Å². The molecule has 1 aliphatic heterocycles. The molecule has 1 aromatic rings. The van der Waals surface area contributed by atoms with Crippen LogP contribution >= 0.6 is 11.6 Å². The molecule has 0 amide bonds. The second-order valence-corrected chi connectivity index (χ2v) is 5.84. The first kappa shape index (κ1) is 12.7. The van der Waals surface area contributed by atoms with Crippen molar-refractivity contribution in [2.45, 2.75) is 32.6 Å². The number of hydrogen-bond acceptors (Lipinski definition) is 1. The summed E-state index contributed by atoms with van der Waals surface area (Å²) in [6, 6.07) is 5.30. The van der Waals surface area contributed by atoms with Gasteiger partial charge in [-0.1, -0.05) is 19.9 Å². The van der Waals surface area contributed by atoms with Crippen LogP contribution in [0.3, 0.4) is 0 Å². The summed E-state index contributed by atoms with van der Waals surface area (Å²) in [7, 11) is 0. The Hall–Kier alpha value is -0.760. The number of hydrogen-bond donors (Lipinski definition) is 0. The molecule has 1 nitrogen and oxygen atoms in total. The van der Waals surface area contributed by atoms with Crippen LogP contribution in [0, 0.1) is 11.2 Å². The summed E-state index contributed by atoms with van der Waals surface area (Å²) in [5.74, 6) is 0.215. The number of nitrogens with zero attached hydrogens (tertiary/aromatic N) is 1. The molecule has 1 saturated heterocycles. The Morgan fingerprint density at radius 3 is 2.47 bits per heavy atom. The van der Waals surface area contributed by atoms with Crippen molar-refractivity contribution < 1.29 is 4.39 Å². The van der Waals surface area contributed by atoms with E-state index in [0.29, 0.717) is 11.3 Å². The lowest BCUT2D eigenvalue weighted by Crippen LogP contribution is -2.37. The van der Waals surface area contributed by atoms with E-state index in [2.05, 4.69) is 18.7 Å². The highest BCUT2D eigenvalue weighted by Crippen LogP contribution is 2.33. The fourth-order valence-electron chi connectivity index (χ4n) is 2.24. The van der Waals surface area contributed by atoms with Gasteiger partial charge in [-0.05, 0) is 36.0 Å². The summed E-state index contributed by atoms with van der Waals surface area (Å²) < 4.78 is 13.9. The summed E-state index contributed by atoms with van der Waals surface area (Å²) in [5, 5.41) is 0. The zero-order chi connectivity index (χ0) is 12.5. The molecular formula is C14H19ClFN. The van der Waals surface area contributed by atoms with Gasteiger partial charge in [-0.25, -0.2) is 4.39 Å². The maximum absolute atomic E-state index is 13.9. The second-order valence-electron chi connectivity index (χ2n) is 5.57. The van der Waals surface area contributed by atoms with Crippen LogP contribution in [0.4, 0.5) is 10.1 Å². The number of alkyl halides is 1. The van der Waals surface area contributed by atoms with Gasteiger partial charge in [0.25, 0.3) is 0 Å². The number of halogens is 2. The highest BCUT2D eigenvalue weighted by Gasteiger charge is 2.26. The molecule has 2 rings (SSSR count). The van der Waals surface area contributed by atoms with Gasteiger partial charge in [0, 0.05) is 19.0 Å². The number of anilines is 1. The van der Waals surface area contributed by atoms with Gasteiger partial charge >= 0.3 is 0 Å². The molecule has 0 unspecified atom stereocenters. The van der Waals surface area contributed by atoms with Gasteiger partial charge < -0.3 is 4.90 Å². The Morgan fingerprint density at radius 1 is 1.29 bits per heavy atom. The zero-order valence-corrected chi connectivity index (χ0v) is 11.2. The van der Waals surface area contributed by atoms with E-state index < -0.39 is 0 Å². The van der Waals surface area contributed by atoms with Crippen molar-refractivity contribution in [1.82, 2.24) is 0 Å². The minimum atomic E-state index is -0.150. The first-order valence-corrected chi connectivity index (χ1v) is 6.65. The molecule has 0 spiro atoms. The average Bonchev–Trinajstić information content (AvgIpc) is 2.29. The quantitative estimate of drug-likeness (QED) is 0.717. The molecule has 3 heteroatoms. The lowest BCUT2D eigenvalue weighted by molar-refractivity contribution is 0.279. The lowest BCUT2D eigenvalue weighted by Gasteiger charge is -2.38. The highest BCUT2D eigenvalue weighted by molar-refractivity contribution is 6.17. The van der Waals surface area contributed by atoms with Crippen molar-refractivity contribution in [2.75, 3.05) is 18.0 Å². The Bertz CT molecular complexity index is 393. The van der Waals surface area contributed by atoms with Crippen LogP contribution in [-0.2, 0) is 5.88 Å². The van der Waals surface area contributed by atoms with Crippen molar-refractivity contribution in [3.8, 4) is 0 Å². The molecule has 0 saturated carbocycles. The van der Waals surface area contributed by atoms with E-state index in [1.807, 2.05) is 12.1 Å². The summed E-state index contributed by atoms with van der Waals surface area (Å²) >= 11 is 5.69. The zero-order valence-electron chi connectivity index (χ0n) is 10.5. The van der Waals surface area contributed by atoms with Crippen molar-refractivity contribution in [2.24, 2.45) is 5.41 Å². The fourth-order valence-corrected chi connectivity index (χ4v) is 2.41. The second kappa shape index (κ2) is 4.85. The lowest BCUT2D eigenvalue weighted by atomic mass is 9.82. The van der Waals surface area contributed by atoms with Gasteiger partial charge in [-0.15, -0.1) is 11.6 Å². The third kappa shape index (κ3) is 2.92. The van der Waals surface area contributed by atoms with Gasteiger partial charge in [-0.3, -0.25) is 0 Å². The topological polar surface area (TPSA) is 3.24 Å². The van der Waals surface area contributed by atoms with E-state index in [1.54, 1.807) is 6.07 Å². The summed E-state index contributed by atoms with van der Waals surface area (Å²) in [6.45, 7) is 6.42. The molecule has 0 atom stereocenters. The Kier molecular flexibility index (Phi) is 3.62. The van der Waals surface area contributed by atoms with Gasteiger partial charge in [0.15, 0.2) is 0 Å². The standard InChI is InChI=1S/C14H19ClFN/c1-14(2)5-7-17(8-6-14)13-4-3-11(10-15)9-12(13)16/h3-4,9H,5-8,10H2,1-2H3. The van der Waals surface area contributed by atoms with Gasteiger partial charge in [-0.2, -0.15) is 0 Å². The number of benzene rings is 1. The van der Waals surface area contributed by atoms with E-state index in [9.17, 15) is 4.39 Å². The number of piperidine rings is 1. The predicted octanol–water partition coefficient (Wildman–Crippen LogP) is 4.19. The van der Waals surface area contributed by atoms with Crippen LogP contribution in [0.5, 0.6) is 0 Å². The van der Waals surface area contributed by atoms with Crippen LogP contribution in [0.15, 0.2) is 18.2 Å². The minimum absolute atomic E-state index is 0.150. The van der Waals surface area contributed by atoms with Crippen LogP contribution < -0.4 is 4.90 Å². The summed E-state index contributed by atoms with van der Waals surface area (Å²) in [4.78, 5) is 2.14. The minimum Gasteiger partial charge on any atom is -0.369 e. The monoisotopic (exact) mass is 255 g/mol. The molecule has 0 N–H and O–H groups in total. The summed E-state index contributed by atoms with van der Waals surface area (Å²) in [6.07, 6.45) is 2.23. The Morgan fingerprint density at radius 2 is 1.94 bits per heavy atom. The molecule has 0 bridgehead atoms. The molecule has 1 heterocycles. The summed E-state index contributed by atoms with van der Waals surface area (Å²) in [5.41, 5.74) is 1.95. The molecule has 0 radical (unpaired) electrons. The van der Waals surface area contributed by atoms with Crippen LogP contribution in [-0.4, -0.2) is 13.1 Å². The van der Waals surface area contributed by atoms with Crippen LogP contribution in [0.1, 0.15) is 32.3 Å². The molecular weight excluding hydrogens is 237 g/mol. The van der Waals surface area contributed by atoms with Crippen LogP contribution in [0.2, 0.25) is 0 Å². The maximum atomic E-state index is 13.9. The molecule has 1 aromatic carbocycles. The Balaban J connectivity index is 2.13. The third-order valence-electron chi connectivity index (χ3n) is 3.62. The highest BCUT2D eigenvalue weighted by atomic mass is 35.5. The van der Waals surface area contributed by atoms with Crippen molar-refractivity contribution in [3.63, 3.8) is 0 Å². The largest absolute Gasteiger partial charge is 0.369 e. The Labute approximate surface area is 108 Å². The van der Waals surface area contributed by atoms with E-state index in [0.717, 1.165) is 37.2 Å². The molecule has 1 aliphatic rings. The van der Waals surface area contributed by atoms with E-state index in [-0.39, 0.29) is 5.82 Å². The first-order valence-electron chi connectivity index (χ1n) is 6.11. The van der Waals surface area contributed by atoms with Crippen molar-refractivity contribution in [3.05, 3.63) is 29.6 Å². The molecule has 1 fully saturated rings. The number of rotatable bonds is 2. The first-order chi connectivity index (χ1) is 8.02. The SMILES string of the molecule is CC1(C)CCN(c2ccc(CCl)cc2F)CC1. The van der Waals surface area contributed by atoms with E-state index in [1.165, 1.54) is 0 Å². The van der Waals surface area contributed by atoms with E-state index >= 15 is 0 Å². The van der Waals surface area contributed by atoms with Crippen LogP contribution in [0.25, 0.3) is 0 Å². The normalized spacial score (nSPS) is 19.4. The smallest absolute Gasteiger partial charge is 0.146 e. The predicted molar refractivity (Wildman–Crippen MR) is 71.2 cm³/mol. The molecule has 94 valence electrons. The molecule has 17 heavy (non-hydrogen) atoms. The maximum Gasteiger partial charge on any atom is 0.146 e. The molecule has 0 aromatic heterocycles. The van der Waals surface area contributed by atoms with Gasteiger partial charge in [0.05, 0.1) is 5.69 Å². The van der Waals surface area contributed by atoms with Gasteiger partial charge in [0.1, 0.15) is 5.82 Å². The molecule has 0 aliphatic carbocycles. The van der Waals surface area contributed by atoms with E-state index in [4.69, 9.17) is 11.6 Å². The third-order valence-corrected chi connectivity index (χ3v) is 3.93. The van der Waals surface area contributed by atoms with Gasteiger partial charge in [0.2, 0.25) is 0 Å².